The molecule has 1 aromatic heterocycles. The van der Waals surface area contributed by atoms with Crippen LogP contribution < -0.4 is 5.32 Å². The SMILES string of the molecule is CCOC(=O)C1=C(C)Nc2nc3ccccc3n2[C@H]1c1ccccc1. The van der Waals surface area contributed by atoms with E-state index in [1.807, 2.05) is 68.4 Å². The molecule has 3 aromatic rings. The van der Waals surface area contributed by atoms with Gasteiger partial charge in [-0.2, -0.15) is 0 Å². The number of para-hydroxylation sites is 2. The number of rotatable bonds is 3. The van der Waals surface area contributed by atoms with E-state index in [0.717, 1.165) is 28.2 Å². The summed E-state index contributed by atoms with van der Waals surface area (Å²) in [6.07, 6.45) is 0. The Kier molecular flexibility index (Phi) is 3.76. The molecule has 1 aliphatic heterocycles. The maximum atomic E-state index is 12.7. The van der Waals surface area contributed by atoms with E-state index in [9.17, 15) is 4.79 Å². The smallest absolute Gasteiger partial charge is 0.338 e. The van der Waals surface area contributed by atoms with Crippen LogP contribution in [0.5, 0.6) is 0 Å². The molecule has 0 fully saturated rings. The van der Waals surface area contributed by atoms with E-state index in [0.29, 0.717) is 12.2 Å². The molecule has 1 aliphatic rings. The summed E-state index contributed by atoms with van der Waals surface area (Å²) in [5.41, 5.74) is 4.28. The normalized spacial score (nSPS) is 16.5. The van der Waals surface area contributed by atoms with Crippen molar-refractivity contribution in [2.75, 3.05) is 11.9 Å². The van der Waals surface area contributed by atoms with Gasteiger partial charge in [0.15, 0.2) is 0 Å². The van der Waals surface area contributed by atoms with E-state index in [4.69, 9.17) is 4.74 Å². The third-order valence-corrected chi connectivity index (χ3v) is 4.44. The fraction of sp³-hybridized carbons (Fsp3) is 0.200. The number of imidazole rings is 1. The molecule has 0 unspecified atom stereocenters. The van der Waals surface area contributed by atoms with E-state index in [2.05, 4.69) is 14.9 Å². The Morgan fingerprint density at radius 3 is 2.64 bits per heavy atom. The molecule has 0 spiro atoms. The van der Waals surface area contributed by atoms with Crippen molar-refractivity contribution in [3.63, 3.8) is 0 Å². The van der Waals surface area contributed by atoms with Crippen molar-refractivity contribution in [2.24, 2.45) is 0 Å². The first kappa shape index (κ1) is 15.4. The quantitative estimate of drug-likeness (QED) is 0.739. The van der Waals surface area contributed by atoms with Crippen molar-refractivity contribution in [1.82, 2.24) is 9.55 Å². The number of nitrogens with zero attached hydrogens (tertiary/aromatic N) is 2. The molecule has 0 bridgehead atoms. The standard InChI is InChI=1S/C20H19N3O2/c1-3-25-19(24)17-13(2)21-20-22-15-11-7-8-12-16(15)23(20)18(17)14-9-5-4-6-10-14/h4-12,18H,3H2,1-2H3,(H,21,22)/t18-/m0/s1. The van der Waals surface area contributed by atoms with Crippen molar-refractivity contribution >= 4 is 23.0 Å². The van der Waals surface area contributed by atoms with Gasteiger partial charge in [-0.05, 0) is 31.5 Å². The van der Waals surface area contributed by atoms with Crippen molar-refractivity contribution in [2.45, 2.75) is 19.9 Å². The average Bonchev–Trinajstić information content (AvgIpc) is 2.99. The summed E-state index contributed by atoms with van der Waals surface area (Å²) in [6.45, 7) is 4.05. The van der Waals surface area contributed by atoms with E-state index in [1.165, 1.54) is 0 Å². The maximum Gasteiger partial charge on any atom is 0.338 e. The highest BCUT2D eigenvalue weighted by atomic mass is 16.5. The van der Waals surface area contributed by atoms with Gasteiger partial charge in [0.05, 0.1) is 29.3 Å². The molecule has 2 heterocycles. The lowest BCUT2D eigenvalue weighted by atomic mass is 9.95. The van der Waals surface area contributed by atoms with Gasteiger partial charge in [-0.3, -0.25) is 4.57 Å². The Balaban J connectivity index is 1.98. The number of nitrogens with one attached hydrogen (secondary N) is 1. The number of benzene rings is 2. The maximum absolute atomic E-state index is 12.7. The molecule has 5 heteroatoms. The van der Waals surface area contributed by atoms with Crippen molar-refractivity contribution in [3.8, 4) is 0 Å². The van der Waals surface area contributed by atoms with Gasteiger partial charge < -0.3 is 10.1 Å². The summed E-state index contributed by atoms with van der Waals surface area (Å²) in [7, 11) is 0. The predicted octanol–water partition coefficient (Wildman–Crippen LogP) is 3.89. The second-order valence-corrected chi connectivity index (χ2v) is 5.99. The van der Waals surface area contributed by atoms with E-state index in [1.54, 1.807) is 0 Å². The molecule has 126 valence electrons. The molecular formula is C20H19N3O2. The molecule has 1 N–H and O–H groups in total. The fourth-order valence-electron chi connectivity index (χ4n) is 3.39. The van der Waals surface area contributed by atoms with E-state index in [-0.39, 0.29) is 12.0 Å². The largest absolute Gasteiger partial charge is 0.463 e. The molecular weight excluding hydrogens is 314 g/mol. The summed E-state index contributed by atoms with van der Waals surface area (Å²) >= 11 is 0. The Morgan fingerprint density at radius 1 is 1.16 bits per heavy atom. The van der Waals surface area contributed by atoms with Gasteiger partial charge in [0.1, 0.15) is 0 Å². The van der Waals surface area contributed by atoms with Crippen LogP contribution in [0.3, 0.4) is 0 Å². The number of esters is 1. The molecule has 25 heavy (non-hydrogen) atoms. The number of hydrogen-bond acceptors (Lipinski definition) is 4. The first-order valence-corrected chi connectivity index (χ1v) is 8.37. The number of allylic oxidation sites excluding steroid dienone is 1. The van der Waals surface area contributed by atoms with Crippen LogP contribution in [0.4, 0.5) is 5.95 Å². The summed E-state index contributed by atoms with van der Waals surface area (Å²) in [5.74, 6) is 0.436. The summed E-state index contributed by atoms with van der Waals surface area (Å²) in [4.78, 5) is 17.4. The van der Waals surface area contributed by atoms with Gasteiger partial charge in [0.2, 0.25) is 5.95 Å². The average molecular weight is 333 g/mol. The molecule has 4 rings (SSSR count). The number of carbonyl (C=O) groups is 1. The molecule has 5 nitrogen and oxygen atoms in total. The highest BCUT2D eigenvalue weighted by Crippen LogP contribution is 2.39. The van der Waals surface area contributed by atoms with Crippen LogP contribution >= 0.6 is 0 Å². The lowest BCUT2D eigenvalue weighted by molar-refractivity contribution is -0.139. The summed E-state index contributed by atoms with van der Waals surface area (Å²) in [6, 6.07) is 17.7. The van der Waals surface area contributed by atoms with Gasteiger partial charge >= 0.3 is 5.97 Å². The zero-order valence-electron chi connectivity index (χ0n) is 14.2. The van der Waals surface area contributed by atoms with Gasteiger partial charge in [-0.15, -0.1) is 0 Å². The highest BCUT2D eigenvalue weighted by molar-refractivity contribution is 5.94. The lowest BCUT2D eigenvalue weighted by Gasteiger charge is -2.30. The molecule has 1 atom stereocenters. The minimum Gasteiger partial charge on any atom is -0.463 e. The predicted molar refractivity (Wildman–Crippen MR) is 97.3 cm³/mol. The second kappa shape index (κ2) is 6.09. The summed E-state index contributed by atoms with van der Waals surface area (Å²) in [5, 5.41) is 3.27. The fourth-order valence-corrected chi connectivity index (χ4v) is 3.39. The van der Waals surface area contributed by atoms with Crippen LogP contribution in [-0.4, -0.2) is 22.1 Å². The first-order chi connectivity index (χ1) is 12.2. The third-order valence-electron chi connectivity index (χ3n) is 4.44. The van der Waals surface area contributed by atoms with Gasteiger partial charge in [0.25, 0.3) is 0 Å². The van der Waals surface area contributed by atoms with Gasteiger partial charge in [-0.25, -0.2) is 9.78 Å². The Bertz CT molecular complexity index is 973. The minimum absolute atomic E-state index is 0.274. The molecule has 0 amide bonds. The third kappa shape index (κ3) is 2.48. The number of ether oxygens (including phenoxy) is 1. The minimum atomic E-state index is -0.301. The molecule has 0 saturated heterocycles. The number of carbonyl (C=O) groups excluding carboxylic acids is 1. The van der Waals surface area contributed by atoms with Crippen LogP contribution in [0.1, 0.15) is 25.5 Å². The lowest BCUT2D eigenvalue weighted by Crippen LogP contribution is -2.28. The van der Waals surface area contributed by atoms with Crippen LogP contribution in [0.15, 0.2) is 65.9 Å². The van der Waals surface area contributed by atoms with Gasteiger partial charge in [-0.1, -0.05) is 42.5 Å². The van der Waals surface area contributed by atoms with E-state index < -0.39 is 0 Å². The van der Waals surface area contributed by atoms with Gasteiger partial charge in [0, 0.05) is 5.70 Å². The first-order valence-electron chi connectivity index (χ1n) is 8.37. The number of aromatic nitrogens is 2. The second-order valence-electron chi connectivity index (χ2n) is 5.99. The highest BCUT2D eigenvalue weighted by Gasteiger charge is 2.34. The van der Waals surface area contributed by atoms with Crippen LogP contribution in [-0.2, 0) is 9.53 Å². The zero-order valence-corrected chi connectivity index (χ0v) is 14.2. The monoisotopic (exact) mass is 333 g/mol. The van der Waals surface area contributed by atoms with Crippen molar-refractivity contribution in [1.29, 1.82) is 0 Å². The van der Waals surface area contributed by atoms with Crippen LogP contribution in [0.2, 0.25) is 0 Å². The molecule has 0 radical (unpaired) electrons. The summed E-state index contributed by atoms with van der Waals surface area (Å²) < 4.78 is 7.41. The van der Waals surface area contributed by atoms with Crippen molar-refractivity contribution in [3.05, 3.63) is 71.4 Å². The van der Waals surface area contributed by atoms with Crippen LogP contribution in [0.25, 0.3) is 11.0 Å². The number of fused-ring (bicyclic) bond motifs is 3. The Morgan fingerprint density at radius 2 is 1.88 bits per heavy atom. The molecule has 2 aromatic carbocycles. The van der Waals surface area contributed by atoms with Crippen LogP contribution in [0, 0.1) is 0 Å². The number of anilines is 1. The topological polar surface area (TPSA) is 56.1 Å². The Hall–Kier alpha value is -3.08. The Labute approximate surface area is 145 Å². The molecule has 0 saturated carbocycles. The van der Waals surface area contributed by atoms with Crippen molar-refractivity contribution < 1.29 is 9.53 Å². The molecule has 0 aliphatic carbocycles. The zero-order chi connectivity index (χ0) is 17.4. The van der Waals surface area contributed by atoms with E-state index >= 15 is 0 Å². The number of hydrogen-bond donors (Lipinski definition) is 1.